The molecule has 6 nitrogen and oxygen atoms in total. The van der Waals surface area contributed by atoms with Gasteiger partial charge in [-0.15, -0.1) is 0 Å². The van der Waals surface area contributed by atoms with Crippen LogP contribution in [-0.2, 0) is 22.4 Å². The van der Waals surface area contributed by atoms with Crippen LogP contribution in [0.25, 0.3) is 0 Å². The molecule has 0 bridgehead atoms. The lowest BCUT2D eigenvalue weighted by Crippen LogP contribution is -2.31. The maximum absolute atomic E-state index is 12.7. The van der Waals surface area contributed by atoms with Crippen molar-refractivity contribution in [3.8, 4) is 6.07 Å². The van der Waals surface area contributed by atoms with Crippen molar-refractivity contribution in [1.29, 1.82) is 5.26 Å². The van der Waals surface area contributed by atoms with Crippen LogP contribution in [0, 0.1) is 17.2 Å². The van der Waals surface area contributed by atoms with E-state index in [1.807, 2.05) is 26.8 Å². The van der Waals surface area contributed by atoms with Gasteiger partial charge in [0, 0.05) is 43.0 Å². The predicted octanol–water partition coefficient (Wildman–Crippen LogP) is 4.57. The lowest BCUT2D eigenvalue weighted by Gasteiger charge is -2.27. The molecule has 0 radical (unpaired) electrons. The Morgan fingerprint density at radius 1 is 1.37 bits per heavy atom. The largest absolute Gasteiger partial charge is 0.457 e. The molecule has 160 valence electrons. The van der Waals surface area contributed by atoms with Crippen LogP contribution in [-0.4, -0.2) is 34.6 Å². The first-order chi connectivity index (χ1) is 14.2. The van der Waals surface area contributed by atoms with E-state index in [1.165, 1.54) is 0 Å². The smallest absolute Gasteiger partial charge is 0.334 e. The van der Waals surface area contributed by atoms with Gasteiger partial charge < -0.3 is 9.64 Å². The van der Waals surface area contributed by atoms with Gasteiger partial charge in [-0.1, -0.05) is 18.2 Å². The fourth-order valence-corrected chi connectivity index (χ4v) is 4.17. The monoisotopic (exact) mass is 428 g/mol. The average Bonchev–Trinajstić information content (AvgIpc) is 2.95. The Morgan fingerprint density at radius 3 is 2.83 bits per heavy atom. The predicted molar refractivity (Wildman–Crippen MR) is 117 cm³/mol. The molecule has 0 saturated heterocycles. The van der Waals surface area contributed by atoms with E-state index in [2.05, 4.69) is 27.5 Å². The van der Waals surface area contributed by atoms with Gasteiger partial charge in [0.2, 0.25) is 5.28 Å². The van der Waals surface area contributed by atoms with Gasteiger partial charge in [0.1, 0.15) is 11.4 Å². The van der Waals surface area contributed by atoms with Gasteiger partial charge in [0.05, 0.1) is 11.8 Å². The number of fused-ring (bicyclic) bond motifs is 1. The molecule has 1 atom stereocenters. The Bertz CT molecular complexity index is 911. The number of carbonyl (C=O) groups is 1. The van der Waals surface area contributed by atoms with E-state index >= 15 is 0 Å². The van der Waals surface area contributed by atoms with Gasteiger partial charge >= 0.3 is 5.97 Å². The maximum atomic E-state index is 12.7. The summed E-state index contributed by atoms with van der Waals surface area (Å²) < 4.78 is 5.57. The zero-order valence-corrected chi connectivity index (χ0v) is 18.8. The minimum absolute atomic E-state index is 0.0925. The van der Waals surface area contributed by atoms with Crippen molar-refractivity contribution in [2.75, 3.05) is 18.0 Å². The average molecular weight is 429 g/mol. The quantitative estimate of drug-likeness (QED) is 0.303. The van der Waals surface area contributed by atoms with Gasteiger partial charge in [-0.25, -0.2) is 14.8 Å². The summed E-state index contributed by atoms with van der Waals surface area (Å²) in [5, 5.41) is 9.53. The van der Waals surface area contributed by atoms with Crippen LogP contribution < -0.4 is 4.90 Å². The lowest BCUT2D eigenvalue weighted by atomic mass is 10.0. The number of esters is 1. The molecule has 0 spiro atoms. The highest BCUT2D eigenvalue weighted by molar-refractivity contribution is 6.28. The van der Waals surface area contributed by atoms with Crippen LogP contribution in [0.4, 0.5) is 5.82 Å². The minimum Gasteiger partial charge on any atom is -0.457 e. The summed E-state index contributed by atoms with van der Waals surface area (Å²) in [4.78, 5) is 23.9. The molecule has 3 rings (SSSR count). The molecule has 0 fully saturated rings. The fraction of sp³-hybridized carbons (Fsp3) is 0.565. The number of allylic oxidation sites excluding steroid dienone is 1. The molecule has 1 aliphatic carbocycles. The molecule has 1 aromatic heterocycles. The van der Waals surface area contributed by atoms with E-state index in [0.29, 0.717) is 37.9 Å². The number of carbonyl (C=O) groups excluding carboxylic acids is 1. The number of aromatic nitrogens is 2. The Balaban J connectivity index is 1.91. The van der Waals surface area contributed by atoms with E-state index in [0.717, 1.165) is 41.9 Å². The maximum Gasteiger partial charge on any atom is 0.334 e. The SMILES string of the molecule is C=C1CCCc2c(nc(Cl)nc2N2CCC(C(=O)OC(C)(C)C)=CC(CC#N)C2)C1. The number of nitrogens with zero attached hydrogens (tertiary/aromatic N) is 4. The van der Waals surface area contributed by atoms with E-state index in [9.17, 15) is 10.1 Å². The first-order valence-corrected chi connectivity index (χ1v) is 10.8. The highest BCUT2D eigenvalue weighted by Crippen LogP contribution is 2.32. The molecule has 1 unspecified atom stereocenters. The fourth-order valence-electron chi connectivity index (χ4n) is 3.99. The van der Waals surface area contributed by atoms with E-state index in [-0.39, 0.29) is 17.2 Å². The molecule has 30 heavy (non-hydrogen) atoms. The highest BCUT2D eigenvalue weighted by atomic mass is 35.5. The zero-order chi connectivity index (χ0) is 21.9. The summed E-state index contributed by atoms with van der Waals surface area (Å²) in [5.41, 5.74) is 3.26. The first-order valence-electron chi connectivity index (χ1n) is 10.4. The minimum atomic E-state index is -0.561. The standard InChI is InChI=1S/C23H29ClN4O2/c1-15-6-5-7-18-19(12-15)26-22(24)27-20(18)28-11-9-17(13-16(14-28)8-10-25)21(29)30-23(2,3)4/h13,16H,1,5-9,11-12,14H2,2-4H3. The van der Waals surface area contributed by atoms with Gasteiger partial charge in [0.25, 0.3) is 0 Å². The summed E-state index contributed by atoms with van der Waals surface area (Å²) in [5.74, 6) is 0.412. The molecule has 1 aliphatic heterocycles. The normalized spacial score (nSPS) is 19.8. The number of hydrogen-bond donors (Lipinski definition) is 0. The van der Waals surface area contributed by atoms with Crippen LogP contribution in [0.15, 0.2) is 23.8 Å². The van der Waals surface area contributed by atoms with Crippen molar-refractivity contribution in [3.05, 3.63) is 40.3 Å². The van der Waals surface area contributed by atoms with Crippen molar-refractivity contribution >= 4 is 23.4 Å². The van der Waals surface area contributed by atoms with Crippen molar-refractivity contribution < 1.29 is 9.53 Å². The number of ether oxygens (including phenoxy) is 1. The lowest BCUT2D eigenvalue weighted by molar-refractivity contribution is -0.150. The van der Waals surface area contributed by atoms with Crippen molar-refractivity contribution in [1.82, 2.24) is 9.97 Å². The molecule has 7 heteroatoms. The van der Waals surface area contributed by atoms with Crippen molar-refractivity contribution in [3.63, 3.8) is 0 Å². The topological polar surface area (TPSA) is 79.1 Å². The number of nitriles is 1. The van der Waals surface area contributed by atoms with Gasteiger partial charge in [-0.05, 0) is 58.1 Å². The first kappa shape index (κ1) is 22.3. The van der Waals surface area contributed by atoms with E-state index < -0.39 is 5.60 Å². The molecule has 0 aromatic carbocycles. The number of rotatable bonds is 3. The highest BCUT2D eigenvalue weighted by Gasteiger charge is 2.28. The summed E-state index contributed by atoms with van der Waals surface area (Å²) in [6.45, 7) is 10.9. The van der Waals surface area contributed by atoms with Crippen LogP contribution in [0.5, 0.6) is 0 Å². The van der Waals surface area contributed by atoms with Crippen LogP contribution >= 0.6 is 11.6 Å². The van der Waals surface area contributed by atoms with Crippen LogP contribution in [0.1, 0.15) is 57.7 Å². The summed E-state index contributed by atoms with van der Waals surface area (Å²) in [6.07, 6.45) is 6.30. The number of hydrogen-bond acceptors (Lipinski definition) is 6. The number of anilines is 1. The van der Waals surface area contributed by atoms with Crippen molar-refractivity contribution in [2.45, 2.75) is 64.9 Å². The Labute approximate surface area is 183 Å². The molecular formula is C23H29ClN4O2. The third-order valence-corrected chi connectivity index (χ3v) is 5.44. The molecule has 0 N–H and O–H groups in total. The Morgan fingerprint density at radius 2 is 2.13 bits per heavy atom. The van der Waals surface area contributed by atoms with Crippen molar-refractivity contribution in [2.24, 2.45) is 5.92 Å². The van der Waals surface area contributed by atoms with E-state index in [4.69, 9.17) is 16.3 Å². The summed E-state index contributed by atoms with van der Waals surface area (Å²) in [7, 11) is 0. The third kappa shape index (κ3) is 5.60. The third-order valence-electron chi connectivity index (χ3n) is 5.28. The van der Waals surface area contributed by atoms with Crippen LogP contribution in [0.3, 0.4) is 0 Å². The van der Waals surface area contributed by atoms with Crippen LogP contribution in [0.2, 0.25) is 5.28 Å². The molecule has 2 heterocycles. The van der Waals surface area contributed by atoms with Gasteiger partial charge in [0.15, 0.2) is 0 Å². The number of halogens is 1. The molecule has 0 saturated carbocycles. The van der Waals surface area contributed by atoms with Gasteiger partial charge in [-0.3, -0.25) is 0 Å². The van der Waals surface area contributed by atoms with E-state index in [1.54, 1.807) is 0 Å². The molecule has 0 amide bonds. The second kappa shape index (κ2) is 9.18. The zero-order valence-electron chi connectivity index (χ0n) is 18.0. The Hall–Kier alpha value is -2.39. The summed E-state index contributed by atoms with van der Waals surface area (Å²) in [6, 6.07) is 2.24. The second-order valence-electron chi connectivity index (χ2n) is 9.03. The Kier molecular flexibility index (Phi) is 6.82. The molecular weight excluding hydrogens is 400 g/mol. The molecule has 1 aromatic rings. The summed E-state index contributed by atoms with van der Waals surface area (Å²) >= 11 is 6.27. The second-order valence-corrected chi connectivity index (χ2v) is 9.37. The van der Waals surface area contributed by atoms with Gasteiger partial charge in [-0.2, -0.15) is 5.26 Å². The molecule has 2 aliphatic rings.